The Kier molecular flexibility index (Phi) is 5.50. The highest BCUT2D eigenvalue weighted by atomic mass is 79.9. The van der Waals surface area contributed by atoms with E-state index in [4.69, 9.17) is 0 Å². The number of nitrogens with one attached hydrogen (secondary N) is 1. The summed E-state index contributed by atoms with van der Waals surface area (Å²) in [6.45, 7) is 2.01. The van der Waals surface area contributed by atoms with Crippen LogP contribution < -0.4 is 10.9 Å². The molecule has 0 saturated heterocycles. The lowest BCUT2D eigenvalue weighted by Gasteiger charge is -2.19. The zero-order chi connectivity index (χ0) is 17.8. The van der Waals surface area contributed by atoms with Gasteiger partial charge in [0.05, 0.1) is 6.04 Å². The number of carbonyl (C=O) groups excluding carboxylic acids is 1. The number of benzene rings is 1. The number of aryl methyl sites for hydroxylation is 1. The normalized spacial score (nSPS) is 11.9. The largest absolute Gasteiger partial charge is 0.343 e. The van der Waals surface area contributed by atoms with Gasteiger partial charge in [0.1, 0.15) is 6.54 Å². The molecule has 0 spiro atoms. The molecule has 3 rings (SSSR count). The number of hydrogen-bond acceptors (Lipinski definition) is 3. The predicted molar refractivity (Wildman–Crippen MR) is 104 cm³/mol. The van der Waals surface area contributed by atoms with Gasteiger partial charge in [-0.2, -0.15) is 0 Å². The second-order valence-electron chi connectivity index (χ2n) is 5.74. The molecule has 2 aromatic heterocycles. The fraction of sp³-hybridized carbons (Fsp3) is 0.158. The average Bonchev–Trinajstić information content (AvgIpc) is 3.11. The van der Waals surface area contributed by atoms with E-state index in [1.54, 1.807) is 23.6 Å². The van der Waals surface area contributed by atoms with Gasteiger partial charge >= 0.3 is 0 Å². The van der Waals surface area contributed by atoms with Crippen molar-refractivity contribution in [2.45, 2.75) is 19.5 Å². The Balaban J connectivity index is 1.83. The number of aromatic nitrogens is 1. The van der Waals surface area contributed by atoms with Crippen LogP contribution in [0.3, 0.4) is 0 Å². The van der Waals surface area contributed by atoms with Gasteiger partial charge in [0, 0.05) is 21.6 Å². The van der Waals surface area contributed by atoms with E-state index in [2.05, 4.69) is 21.2 Å². The first kappa shape index (κ1) is 17.6. The molecule has 0 saturated carbocycles. The Morgan fingerprint density at radius 2 is 1.96 bits per heavy atom. The van der Waals surface area contributed by atoms with Crippen molar-refractivity contribution in [3.63, 3.8) is 0 Å². The summed E-state index contributed by atoms with van der Waals surface area (Å²) >= 11 is 4.92. The first-order valence-electron chi connectivity index (χ1n) is 7.78. The van der Waals surface area contributed by atoms with Gasteiger partial charge in [-0.05, 0) is 45.9 Å². The van der Waals surface area contributed by atoms with Crippen molar-refractivity contribution in [1.82, 2.24) is 9.88 Å². The number of pyridine rings is 1. The maximum atomic E-state index is 12.5. The highest BCUT2D eigenvalue weighted by Gasteiger charge is 2.18. The van der Waals surface area contributed by atoms with Crippen LogP contribution in [-0.4, -0.2) is 10.5 Å². The van der Waals surface area contributed by atoms with Crippen molar-refractivity contribution < 1.29 is 4.79 Å². The Morgan fingerprint density at radius 3 is 2.64 bits per heavy atom. The van der Waals surface area contributed by atoms with E-state index in [0.717, 1.165) is 14.9 Å². The van der Waals surface area contributed by atoms with Crippen LogP contribution in [0.1, 0.15) is 22.0 Å². The Hall–Kier alpha value is -2.18. The van der Waals surface area contributed by atoms with Crippen LogP contribution in [0, 0.1) is 6.92 Å². The van der Waals surface area contributed by atoms with Crippen molar-refractivity contribution in [3.05, 3.63) is 90.9 Å². The number of thiophene rings is 1. The van der Waals surface area contributed by atoms with Crippen molar-refractivity contribution in [3.8, 4) is 0 Å². The Labute approximate surface area is 158 Å². The fourth-order valence-electron chi connectivity index (χ4n) is 2.52. The fourth-order valence-corrected chi connectivity index (χ4v) is 3.70. The highest BCUT2D eigenvalue weighted by molar-refractivity contribution is 9.10. The second kappa shape index (κ2) is 7.80. The quantitative estimate of drug-likeness (QED) is 0.685. The lowest BCUT2D eigenvalue weighted by atomic mass is 10.0. The molecule has 0 aliphatic rings. The van der Waals surface area contributed by atoms with E-state index >= 15 is 0 Å². The van der Waals surface area contributed by atoms with Crippen molar-refractivity contribution >= 4 is 33.2 Å². The summed E-state index contributed by atoms with van der Waals surface area (Å²) in [5, 5.41) is 5.03. The summed E-state index contributed by atoms with van der Waals surface area (Å²) in [4.78, 5) is 25.5. The minimum absolute atomic E-state index is 0.0218. The molecular formula is C19H17BrN2O2S. The summed E-state index contributed by atoms with van der Waals surface area (Å²) < 4.78 is 2.15. The minimum atomic E-state index is -0.226. The number of carbonyl (C=O) groups is 1. The summed E-state index contributed by atoms with van der Waals surface area (Å²) in [5.74, 6) is -0.209. The molecule has 6 heteroatoms. The molecule has 1 unspecified atom stereocenters. The van der Waals surface area contributed by atoms with E-state index in [-0.39, 0.29) is 24.1 Å². The third-order valence-electron chi connectivity index (χ3n) is 3.81. The van der Waals surface area contributed by atoms with Crippen LogP contribution in [0.2, 0.25) is 0 Å². The molecule has 0 aliphatic heterocycles. The summed E-state index contributed by atoms with van der Waals surface area (Å²) in [6, 6.07) is 14.9. The van der Waals surface area contributed by atoms with Gasteiger partial charge in [-0.25, -0.2) is 0 Å². The maximum Gasteiger partial charge on any atom is 0.251 e. The van der Waals surface area contributed by atoms with Gasteiger partial charge in [0.2, 0.25) is 5.91 Å². The van der Waals surface area contributed by atoms with E-state index in [1.165, 1.54) is 16.2 Å². The van der Waals surface area contributed by atoms with Crippen LogP contribution >= 0.6 is 27.3 Å². The van der Waals surface area contributed by atoms with Crippen molar-refractivity contribution in [2.24, 2.45) is 0 Å². The molecule has 0 fully saturated rings. The highest BCUT2D eigenvalue weighted by Crippen LogP contribution is 2.26. The van der Waals surface area contributed by atoms with Crippen LogP contribution in [0.4, 0.5) is 0 Å². The number of halogens is 1. The molecule has 1 amide bonds. The molecule has 25 heavy (non-hydrogen) atoms. The molecule has 2 heterocycles. The van der Waals surface area contributed by atoms with E-state index in [9.17, 15) is 9.59 Å². The summed E-state index contributed by atoms with van der Waals surface area (Å²) in [6.07, 6.45) is 1.62. The first-order valence-corrected chi connectivity index (χ1v) is 9.45. The molecule has 4 nitrogen and oxygen atoms in total. The topological polar surface area (TPSA) is 51.1 Å². The van der Waals surface area contributed by atoms with Gasteiger partial charge in [-0.1, -0.05) is 35.9 Å². The van der Waals surface area contributed by atoms with E-state index in [0.29, 0.717) is 0 Å². The van der Waals surface area contributed by atoms with Gasteiger partial charge < -0.3 is 9.88 Å². The molecule has 0 radical (unpaired) electrons. The van der Waals surface area contributed by atoms with Crippen molar-refractivity contribution in [1.29, 1.82) is 0 Å². The number of nitrogens with zero attached hydrogens (tertiary/aromatic N) is 1. The monoisotopic (exact) mass is 416 g/mol. The zero-order valence-electron chi connectivity index (χ0n) is 13.6. The Bertz CT molecular complexity index is 917. The van der Waals surface area contributed by atoms with E-state index < -0.39 is 0 Å². The summed E-state index contributed by atoms with van der Waals surface area (Å²) in [7, 11) is 0. The predicted octanol–water partition coefficient (Wildman–Crippen LogP) is 3.89. The lowest BCUT2D eigenvalue weighted by molar-refractivity contribution is -0.122. The van der Waals surface area contributed by atoms with Gasteiger partial charge in [-0.3, -0.25) is 9.59 Å². The third-order valence-corrected chi connectivity index (χ3v) is 5.21. The van der Waals surface area contributed by atoms with Crippen LogP contribution in [-0.2, 0) is 11.3 Å². The van der Waals surface area contributed by atoms with E-state index in [1.807, 2.05) is 48.7 Å². The van der Waals surface area contributed by atoms with Crippen LogP contribution in [0.5, 0.6) is 0 Å². The molecule has 0 aliphatic carbocycles. The molecule has 1 N–H and O–H groups in total. The molecule has 128 valence electrons. The Morgan fingerprint density at radius 1 is 1.20 bits per heavy atom. The maximum absolute atomic E-state index is 12.5. The molecular weight excluding hydrogens is 400 g/mol. The molecule has 3 aromatic rings. The standard InChI is InChI=1S/C19H17BrN2O2S/c1-13-4-6-14(7-5-13)19(16-3-2-10-25-16)21-17(23)12-22-11-15(20)8-9-18(22)24/h2-11,19H,12H2,1H3,(H,21,23). The van der Waals surface area contributed by atoms with Gasteiger partial charge in [0.15, 0.2) is 0 Å². The second-order valence-corrected chi connectivity index (χ2v) is 7.64. The smallest absolute Gasteiger partial charge is 0.251 e. The van der Waals surface area contributed by atoms with Gasteiger partial charge in [0.25, 0.3) is 5.56 Å². The number of amides is 1. The van der Waals surface area contributed by atoms with Crippen LogP contribution in [0.15, 0.2) is 69.4 Å². The summed E-state index contributed by atoms with van der Waals surface area (Å²) in [5.41, 5.74) is 1.98. The number of rotatable bonds is 5. The SMILES string of the molecule is Cc1ccc(C(NC(=O)Cn2cc(Br)ccc2=O)c2cccs2)cc1. The zero-order valence-corrected chi connectivity index (χ0v) is 16.0. The molecule has 1 atom stereocenters. The molecule has 0 bridgehead atoms. The minimum Gasteiger partial charge on any atom is -0.343 e. The lowest BCUT2D eigenvalue weighted by Crippen LogP contribution is -2.34. The third kappa shape index (κ3) is 4.46. The number of hydrogen-bond donors (Lipinski definition) is 1. The van der Waals surface area contributed by atoms with Crippen molar-refractivity contribution in [2.75, 3.05) is 0 Å². The average molecular weight is 417 g/mol. The first-order chi connectivity index (χ1) is 12.0. The van der Waals surface area contributed by atoms with Gasteiger partial charge in [-0.15, -0.1) is 11.3 Å². The molecule has 1 aromatic carbocycles. The van der Waals surface area contributed by atoms with Crippen LogP contribution in [0.25, 0.3) is 0 Å².